The summed E-state index contributed by atoms with van der Waals surface area (Å²) >= 11 is 0. The third kappa shape index (κ3) is 12.1. The highest BCUT2D eigenvalue weighted by Gasteiger charge is 2.40. The summed E-state index contributed by atoms with van der Waals surface area (Å²) in [6.07, 6.45) is 0.997. The second kappa shape index (κ2) is 20.8. The number of ketones is 1. The highest BCUT2D eigenvalue weighted by Crippen LogP contribution is 2.44. The van der Waals surface area contributed by atoms with Gasteiger partial charge in [-0.05, 0) is 73.8 Å². The number of carboxylic acid groups (broad SMARTS) is 1. The van der Waals surface area contributed by atoms with Crippen molar-refractivity contribution in [3.8, 4) is 11.1 Å². The molecule has 13 nitrogen and oxygen atoms in total. The highest BCUT2D eigenvalue weighted by molar-refractivity contribution is 5.96. The molecule has 0 spiro atoms. The van der Waals surface area contributed by atoms with Gasteiger partial charge in [0.25, 0.3) is 0 Å². The zero-order valence-electron chi connectivity index (χ0n) is 36.6. The number of nitrogens with one attached hydrogen (secondary N) is 1. The Hall–Kier alpha value is -5.56. The highest BCUT2D eigenvalue weighted by atomic mass is 16.5. The maximum atomic E-state index is 14.8. The van der Waals surface area contributed by atoms with E-state index >= 15 is 0 Å². The molecular formula is C48H62N4O9. The average Bonchev–Trinajstić information content (AvgIpc) is 3.55. The van der Waals surface area contributed by atoms with Gasteiger partial charge in [0.05, 0.1) is 30.6 Å². The summed E-state index contributed by atoms with van der Waals surface area (Å²) in [7, 11) is 2.98. The Labute approximate surface area is 359 Å². The summed E-state index contributed by atoms with van der Waals surface area (Å²) in [5.41, 5.74) is 4.30. The molecule has 1 fully saturated rings. The average molecular weight is 839 g/mol. The Morgan fingerprint density at radius 1 is 0.787 bits per heavy atom. The van der Waals surface area contributed by atoms with E-state index in [1.165, 1.54) is 23.9 Å². The molecule has 328 valence electrons. The van der Waals surface area contributed by atoms with Crippen molar-refractivity contribution in [3.63, 3.8) is 0 Å². The second-order valence-electron chi connectivity index (χ2n) is 17.6. The minimum Gasteiger partial charge on any atom is -0.481 e. The molecule has 3 aromatic rings. The van der Waals surface area contributed by atoms with Gasteiger partial charge in [0.2, 0.25) is 17.7 Å². The number of amides is 4. The first-order chi connectivity index (χ1) is 29.0. The lowest BCUT2D eigenvalue weighted by Crippen LogP contribution is -2.59. The normalized spacial score (nSPS) is 15.8. The fourth-order valence-electron chi connectivity index (χ4n) is 8.52. The van der Waals surface area contributed by atoms with Crippen LogP contribution in [0.5, 0.6) is 0 Å². The number of hydrogen-bond donors (Lipinski definition) is 2. The Morgan fingerprint density at radius 3 is 1.92 bits per heavy atom. The molecule has 1 heterocycles. The monoisotopic (exact) mass is 838 g/mol. The van der Waals surface area contributed by atoms with Gasteiger partial charge in [0.15, 0.2) is 5.78 Å². The van der Waals surface area contributed by atoms with Crippen molar-refractivity contribution < 1.29 is 43.3 Å². The number of likely N-dealkylation sites (tertiary alicyclic amines) is 1. The van der Waals surface area contributed by atoms with Crippen LogP contribution in [0.3, 0.4) is 0 Å². The van der Waals surface area contributed by atoms with Gasteiger partial charge < -0.3 is 34.6 Å². The lowest BCUT2D eigenvalue weighted by Gasteiger charge is -2.38. The largest absolute Gasteiger partial charge is 0.481 e. The molecule has 5 rings (SSSR count). The van der Waals surface area contributed by atoms with Gasteiger partial charge in [0.1, 0.15) is 18.7 Å². The Bertz CT molecular complexity index is 1980. The van der Waals surface area contributed by atoms with Gasteiger partial charge in [-0.2, -0.15) is 0 Å². The van der Waals surface area contributed by atoms with Crippen LogP contribution in [0.4, 0.5) is 4.79 Å². The standard InChI is InChI=1S/C48H62N4O9/c1-31(2)43(41(53)27-33(28-42(54)55)44(56)52-24-16-9-17-25-52)51(7)46(58)40(26-32-18-10-8-11-19-32)50(6)45(57)39(30-61-48(3,4)5)49-47(59)60-29-38-36-22-14-12-20-34(36)35-21-13-15-23-37(35)38/h8,10-15,18-23,31,33,38-40,43H,9,16-17,24-30H2,1-7H3,(H,49,59)(H,54,55)/t33-,39-,40-,43-/m0/s1. The van der Waals surface area contributed by atoms with E-state index in [1.807, 2.05) is 99.6 Å². The van der Waals surface area contributed by atoms with Crippen molar-refractivity contribution in [1.29, 1.82) is 0 Å². The number of ether oxygens (including phenoxy) is 2. The van der Waals surface area contributed by atoms with Crippen LogP contribution >= 0.6 is 0 Å². The molecule has 4 amide bonds. The van der Waals surface area contributed by atoms with Crippen LogP contribution in [0.2, 0.25) is 0 Å². The maximum absolute atomic E-state index is 14.8. The second-order valence-corrected chi connectivity index (χ2v) is 17.6. The number of benzene rings is 3. The van der Waals surface area contributed by atoms with Crippen LogP contribution in [0.15, 0.2) is 78.9 Å². The molecule has 1 aliphatic heterocycles. The Balaban J connectivity index is 1.37. The number of carbonyl (C=O) groups is 6. The molecule has 1 aliphatic carbocycles. The molecule has 1 saturated heterocycles. The maximum Gasteiger partial charge on any atom is 0.407 e. The molecular weight excluding hydrogens is 777 g/mol. The molecule has 2 N–H and O–H groups in total. The van der Waals surface area contributed by atoms with Gasteiger partial charge in [0, 0.05) is 45.9 Å². The lowest BCUT2D eigenvalue weighted by molar-refractivity contribution is -0.151. The fourth-order valence-corrected chi connectivity index (χ4v) is 8.52. The molecule has 0 aromatic heterocycles. The summed E-state index contributed by atoms with van der Waals surface area (Å²) in [5.74, 6) is -4.85. The number of alkyl carbamates (subject to hydrolysis) is 1. The van der Waals surface area contributed by atoms with Crippen molar-refractivity contribution in [2.75, 3.05) is 40.4 Å². The van der Waals surface area contributed by atoms with Gasteiger partial charge in [-0.1, -0.05) is 92.7 Å². The minimum absolute atomic E-state index is 0.0260. The number of likely N-dealkylation sites (N-methyl/N-ethyl adjacent to an activating group) is 2. The smallest absolute Gasteiger partial charge is 0.407 e. The quantitative estimate of drug-likeness (QED) is 0.149. The fraction of sp³-hybridized carbons (Fsp3) is 0.500. The minimum atomic E-state index is -1.25. The van der Waals surface area contributed by atoms with Crippen LogP contribution in [0.25, 0.3) is 11.1 Å². The third-order valence-electron chi connectivity index (χ3n) is 11.6. The first-order valence-corrected chi connectivity index (χ1v) is 21.3. The van der Waals surface area contributed by atoms with Crippen molar-refractivity contribution in [1.82, 2.24) is 20.0 Å². The lowest BCUT2D eigenvalue weighted by atomic mass is 9.88. The van der Waals surface area contributed by atoms with E-state index in [9.17, 15) is 33.9 Å². The predicted molar refractivity (Wildman–Crippen MR) is 232 cm³/mol. The van der Waals surface area contributed by atoms with E-state index in [1.54, 1.807) is 18.7 Å². The number of Topliss-reactive ketones (excluding diaryl/α,β-unsaturated/α-hetero) is 1. The van der Waals surface area contributed by atoms with E-state index in [-0.39, 0.29) is 37.9 Å². The third-order valence-corrected chi connectivity index (χ3v) is 11.6. The van der Waals surface area contributed by atoms with Crippen LogP contribution in [0, 0.1) is 11.8 Å². The number of carbonyl (C=O) groups excluding carboxylic acids is 5. The number of carboxylic acids is 1. The molecule has 0 radical (unpaired) electrons. The van der Waals surface area contributed by atoms with E-state index in [4.69, 9.17) is 9.47 Å². The number of piperidine rings is 1. The Morgan fingerprint density at radius 2 is 1.36 bits per heavy atom. The molecule has 0 bridgehead atoms. The number of fused-ring (bicyclic) bond motifs is 3. The Kier molecular flexibility index (Phi) is 15.9. The molecule has 2 aliphatic rings. The van der Waals surface area contributed by atoms with E-state index in [0.29, 0.717) is 13.1 Å². The van der Waals surface area contributed by atoms with Crippen LogP contribution in [0.1, 0.15) is 89.3 Å². The summed E-state index contributed by atoms with van der Waals surface area (Å²) in [4.78, 5) is 86.8. The number of nitrogens with zero attached hydrogens (tertiary/aromatic N) is 3. The van der Waals surface area contributed by atoms with E-state index in [0.717, 1.165) is 47.1 Å². The summed E-state index contributed by atoms with van der Waals surface area (Å²) in [6, 6.07) is 21.7. The zero-order valence-corrected chi connectivity index (χ0v) is 36.6. The summed E-state index contributed by atoms with van der Waals surface area (Å²) < 4.78 is 11.9. The van der Waals surface area contributed by atoms with E-state index in [2.05, 4.69) is 5.32 Å². The van der Waals surface area contributed by atoms with Crippen LogP contribution in [-0.2, 0) is 39.9 Å². The topological polar surface area (TPSA) is 163 Å². The van der Waals surface area contributed by atoms with Gasteiger partial charge >= 0.3 is 12.1 Å². The van der Waals surface area contributed by atoms with Gasteiger partial charge in [-0.25, -0.2) is 4.79 Å². The predicted octanol–water partition coefficient (Wildman–Crippen LogP) is 6.32. The first kappa shape index (κ1) is 46.5. The van der Waals surface area contributed by atoms with Crippen molar-refractivity contribution >= 4 is 35.6 Å². The SMILES string of the molecule is CC(C)[C@@H](C(=O)C[C@@H](CC(=O)O)C(=O)N1CCCCC1)N(C)C(=O)[C@H](Cc1ccccc1)N(C)C(=O)[C@H](COC(C)(C)C)NC(=O)OCC1c2ccccc2-c2ccccc21. The molecule has 0 unspecified atom stereocenters. The molecule has 61 heavy (non-hydrogen) atoms. The van der Waals surface area contributed by atoms with Gasteiger partial charge in [-0.3, -0.25) is 24.0 Å². The molecule has 4 atom stereocenters. The molecule has 3 aromatic carbocycles. The van der Waals surface area contributed by atoms with Crippen molar-refractivity contribution in [2.45, 2.75) is 103 Å². The van der Waals surface area contributed by atoms with Crippen LogP contribution < -0.4 is 5.32 Å². The molecule has 13 heteroatoms. The zero-order chi connectivity index (χ0) is 44.4. The van der Waals surface area contributed by atoms with Gasteiger partial charge in [-0.15, -0.1) is 0 Å². The summed E-state index contributed by atoms with van der Waals surface area (Å²) in [6.45, 7) is 9.86. The number of aliphatic carboxylic acids is 1. The first-order valence-electron chi connectivity index (χ1n) is 21.3. The number of rotatable bonds is 18. The van der Waals surface area contributed by atoms with Crippen molar-refractivity contribution in [2.24, 2.45) is 11.8 Å². The number of hydrogen-bond acceptors (Lipinski definition) is 8. The van der Waals surface area contributed by atoms with Crippen LogP contribution in [-0.4, -0.2) is 119 Å². The summed E-state index contributed by atoms with van der Waals surface area (Å²) in [5, 5.41) is 12.4. The van der Waals surface area contributed by atoms with E-state index < -0.39 is 71.6 Å². The molecule has 0 saturated carbocycles. The van der Waals surface area contributed by atoms with Crippen molar-refractivity contribution in [3.05, 3.63) is 95.6 Å².